The number of urea groups is 1. The maximum Gasteiger partial charge on any atom is 0.319 e. The summed E-state index contributed by atoms with van der Waals surface area (Å²) in [6.45, 7) is 2.78. The van der Waals surface area contributed by atoms with Crippen molar-refractivity contribution < 1.29 is 33.6 Å². The number of nitrogens with one attached hydrogen (secondary N) is 2. The molecule has 59 heavy (non-hydrogen) atoms. The van der Waals surface area contributed by atoms with Crippen LogP contribution >= 0.6 is 0 Å². The van der Waals surface area contributed by atoms with Gasteiger partial charge in [0.2, 0.25) is 0 Å². The van der Waals surface area contributed by atoms with Crippen LogP contribution in [0.3, 0.4) is 0 Å². The molecule has 1 fully saturated rings. The van der Waals surface area contributed by atoms with Crippen molar-refractivity contribution in [3.05, 3.63) is 173 Å². The van der Waals surface area contributed by atoms with Gasteiger partial charge in [0.15, 0.2) is 17.8 Å². The number of anilines is 1. The second-order valence-corrected chi connectivity index (χ2v) is 14.9. The van der Waals surface area contributed by atoms with Crippen LogP contribution in [0.25, 0.3) is 11.1 Å². The van der Waals surface area contributed by atoms with Gasteiger partial charge in [-0.25, -0.2) is 4.79 Å². The summed E-state index contributed by atoms with van der Waals surface area (Å²) in [5.41, 5.74) is 9.01. The number of hydrogen-bond donors (Lipinski definition) is 3. The van der Waals surface area contributed by atoms with Crippen LogP contribution in [0.2, 0.25) is 0 Å². The SMILES string of the molecule is COc1cc2c(cc1OC)CN(C[C@@H]1C[C@H](c3ccc(CO)cc3)O[C@H](c3cccc(-c4cccc(CNC(=O)Nc5ccc(Oc6ccccc6)cc5)c4)c3)O1)CC2. The quantitative estimate of drug-likeness (QED) is 0.106. The summed E-state index contributed by atoms with van der Waals surface area (Å²) in [6.07, 6.45) is 0.723. The van der Waals surface area contributed by atoms with Gasteiger partial charge >= 0.3 is 6.03 Å². The van der Waals surface area contributed by atoms with E-state index in [0.717, 1.165) is 76.7 Å². The van der Waals surface area contributed by atoms with Crippen molar-refractivity contribution >= 4 is 11.7 Å². The third-order valence-corrected chi connectivity index (χ3v) is 10.8. The normalized spacial score (nSPS) is 17.7. The minimum Gasteiger partial charge on any atom is -0.493 e. The van der Waals surface area contributed by atoms with Crippen LogP contribution in [-0.4, -0.2) is 49.5 Å². The highest BCUT2D eigenvalue weighted by Gasteiger charge is 2.34. The molecule has 3 N–H and O–H groups in total. The first kappa shape index (κ1) is 39.6. The van der Waals surface area contributed by atoms with E-state index in [1.54, 1.807) is 14.2 Å². The van der Waals surface area contributed by atoms with Gasteiger partial charge in [-0.15, -0.1) is 0 Å². The Kier molecular flexibility index (Phi) is 12.5. The zero-order valence-corrected chi connectivity index (χ0v) is 33.3. The number of benzene rings is 6. The van der Waals surface area contributed by atoms with E-state index in [1.807, 2.05) is 97.1 Å². The molecular weight excluding hydrogens is 743 g/mol. The fourth-order valence-corrected chi connectivity index (χ4v) is 7.73. The summed E-state index contributed by atoms with van der Waals surface area (Å²) < 4.78 is 30.6. The lowest BCUT2D eigenvalue weighted by molar-refractivity contribution is -0.253. The number of aliphatic hydroxyl groups is 1. The molecule has 0 aromatic heterocycles. The average molecular weight is 792 g/mol. The summed E-state index contributed by atoms with van der Waals surface area (Å²) >= 11 is 0. The zero-order valence-electron chi connectivity index (χ0n) is 33.3. The number of carbonyl (C=O) groups excluding carboxylic acids is 1. The predicted molar refractivity (Wildman–Crippen MR) is 228 cm³/mol. The Labute approximate surface area is 345 Å². The van der Waals surface area contributed by atoms with E-state index in [1.165, 1.54) is 11.1 Å². The van der Waals surface area contributed by atoms with Crippen molar-refractivity contribution in [3.63, 3.8) is 0 Å². The Morgan fingerprint density at radius 1 is 0.729 bits per heavy atom. The molecule has 3 atom stereocenters. The molecule has 2 aliphatic heterocycles. The number of amides is 2. The zero-order chi connectivity index (χ0) is 40.6. The fraction of sp³-hybridized carbons (Fsp3) is 0.245. The van der Waals surface area contributed by atoms with Crippen molar-refractivity contribution in [3.8, 4) is 34.1 Å². The Morgan fingerprint density at radius 2 is 1.44 bits per heavy atom. The predicted octanol–water partition coefficient (Wildman–Crippen LogP) is 9.58. The highest BCUT2D eigenvalue weighted by atomic mass is 16.7. The minimum absolute atomic E-state index is 0.00893. The van der Waals surface area contributed by atoms with Gasteiger partial charge < -0.3 is 39.4 Å². The number of carbonyl (C=O) groups is 1. The summed E-state index contributed by atoms with van der Waals surface area (Å²) in [6, 6.07) is 45.1. The number of fused-ring (bicyclic) bond motifs is 1. The number of rotatable bonds is 13. The highest BCUT2D eigenvalue weighted by molar-refractivity contribution is 5.89. The molecule has 0 aliphatic carbocycles. The number of aliphatic hydroxyl groups excluding tert-OH is 1. The molecule has 10 heteroatoms. The monoisotopic (exact) mass is 791 g/mol. The van der Waals surface area contributed by atoms with Gasteiger partial charge in [-0.3, -0.25) is 4.90 Å². The molecule has 2 heterocycles. The van der Waals surface area contributed by atoms with E-state index < -0.39 is 6.29 Å². The van der Waals surface area contributed by atoms with E-state index in [9.17, 15) is 9.90 Å². The Balaban J connectivity index is 0.936. The molecular formula is C49H49N3O7. The van der Waals surface area contributed by atoms with Gasteiger partial charge in [0.25, 0.3) is 0 Å². The van der Waals surface area contributed by atoms with Crippen molar-refractivity contribution in [2.75, 3.05) is 32.6 Å². The first-order valence-corrected chi connectivity index (χ1v) is 20.0. The van der Waals surface area contributed by atoms with Gasteiger partial charge in [-0.05, 0) is 106 Å². The molecule has 0 radical (unpaired) electrons. The summed E-state index contributed by atoms with van der Waals surface area (Å²) in [5.74, 6) is 2.93. The largest absolute Gasteiger partial charge is 0.493 e. The summed E-state index contributed by atoms with van der Waals surface area (Å²) in [5, 5.41) is 15.6. The van der Waals surface area contributed by atoms with Crippen LogP contribution in [0.5, 0.6) is 23.0 Å². The number of hydrogen-bond acceptors (Lipinski definition) is 8. The lowest BCUT2D eigenvalue weighted by Gasteiger charge is -2.39. The van der Waals surface area contributed by atoms with Gasteiger partial charge in [-0.2, -0.15) is 0 Å². The number of para-hydroxylation sites is 1. The van der Waals surface area contributed by atoms with Crippen LogP contribution in [0.1, 0.15) is 52.2 Å². The third kappa shape index (κ3) is 9.93. The molecule has 6 aromatic rings. The van der Waals surface area contributed by atoms with Crippen molar-refractivity contribution in [1.29, 1.82) is 0 Å². The van der Waals surface area contributed by atoms with Gasteiger partial charge in [-0.1, -0.05) is 78.9 Å². The van der Waals surface area contributed by atoms with Gasteiger partial charge in [0, 0.05) is 43.9 Å². The molecule has 8 rings (SSSR count). The van der Waals surface area contributed by atoms with Crippen molar-refractivity contribution in [1.82, 2.24) is 10.2 Å². The van der Waals surface area contributed by atoms with Crippen LogP contribution in [0, 0.1) is 0 Å². The molecule has 2 aliphatic rings. The summed E-state index contributed by atoms with van der Waals surface area (Å²) in [4.78, 5) is 15.3. The first-order valence-electron chi connectivity index (χ1n) is 20.0. The molecule has 6 aromatic carbocycles. The highest BCUT2D eigenvalue weighted by Crippen LogP contribution is 2.40. The van der Waals surface area contributed by atoms with Crippen molar-refractivity contribution in [2.45, 2.75) is 51.0 Å². The Morgan fingerprint density at radius 3 is 2.19 bits per heavy atom. The molecule has 0 bridgehead atoms. The number of methoxy groups -OCH3 is 2. The molecule has 302 valence electrons. The van der Waals surface area contributed by atoms with Gasteiger partial charge in [0.1, 0.15) is 11.5 Å². The Bertz CT molecular complexity index is 2340. The van der Waals surface area contributed by atoms with Crippen LogP contribution in [-0.2, 0) is 35.6 Å². The van der Waals surface area contributed by atoms with E-state index in [-0.39, 0.29) is 24.8 Å². The second-order valence-electron chi connectivity index (χ2n) is 14.9. The summed E-state index contributed by atoms with van der Waals surface area (Å²) in [7, 11) is 3.34. The number of ether oxygens (including phenoxy) is 5. The second kappa shape index (κ2) is 18.6. The first-order chi connectivity index (χ1) is 28.9. The Hall–Kier alpha value is -6.17. The standard InChI is InChI=1S/C49H49N3O7/c1-55-46-26-38-22-23-52(30-40(38)27-47(46)56-2)31-44-28-45(35-16-14-33(32-53)15-17-35)59-48(58-44)39-11-7-10-37(25-39)36-9-6-8-34(24-36)29-50-49(54)51-41-18-20-43(21-19-41)57-42-12-4-3-5-13-42/h3-21,24-27,44-45,48,53H,22-23,28-32H2,1-2H3,(H2,50,51,54)/t44-,45+,48+/m0/s1. The van der Waals surface area contributed by atoms with Crippen LogP contribution < -0.4 is 24.8 Å². The molecule has 0 saturated carbocycles. The van der Waals surface area contributed by atoms with Crippen molar-refractivity contribution in [2.24, 2.45) is 0 Å². The topological polar surface area (TPSA) is 111 Å². The van der Waals surface area contributed by atoms with E-state index in [0.29, 0.717) is 24.4 Å². The third-order valence-electron chi connectivity index (χ3n) is 10.8. The molecule has 0 spiro atoms. The fourth-order valence-electron chi connectivity index (χ4n) is 7.73. The molecule has 1 saturated heterocycles. The maximum absolute atomic E-state index is 12.8. The van der Waals surface area contributed by atoms with E-state index in [2.05, 4.69) is 58.0 Å². The smallest absolute Gasteiger partial charge is 0.319 e. The average Bonchev–Trinajstić information content (AvgIpc) is 3.29. The molecule has 10 nitrogen and oxygen atoms in total. The lowest BCUT2D eigenvalue weighted by Crippen LogP contribution is -2.41. The van der Waals surface area contributed by atoms with E-state index >= 15 is 0 Å². The van der Waals surface area contributed by atoms with Gasteiger partial charge in [0.05, 0.1) is 33.0 Å². The van der Waals surface area contributed by atoms with Crippen LogP contribution in [0.15, 0.2) is 140 Å². The lowest BCUT2D eigenvalue weighted by atomic mass is 9.96. The van der Waals surface area contributed by atoms with Crippen LogP contribution in [0.4, 0.5) is 10.5 Å². The van der Waals surface area contributed by atoms with E-state index in [4.69, 9.17) is 23.7 Å². The molecule has 2 amide bonds. The molecule has 0 unspecified atom stereocenters. The minimum atomic E-state index is -0.592. The maximum atomic E-state index is 12.8. The number of nitrogens with zero attached hydrogens (tertiary/aromatic N) is 1.